The van der Waals surface area contributed by atoms with Gasteiger partial charge in [0.05, 0.1) is 6.54 Å². The van der Waals surface area contributed by atoms with Crippen LogP contribution in [0.1, 0.15) is 0 Å². The maximum absolute atomic E-state index is 11.6. The molecule has 100 valence electrons. The van der Waals surface area contributed by atoms with Crippen LogP contribution in [0.5, 0.6) is 5.75 Å². The smallest absolute Gasteiger partial charge is 0.334 e. The minimum atomic E-state index is -0.827. The van der Waals surface area contributed by atoms with Gasteiger partial charge in [-0.05, 0) is 24.3 Å². The number of imide groups is 2. The molecule has 1 heterocycles. The molecule has 0 N–H and O–H groups in total. The van der Waals surface area contributed by atoms with Gasteiger partial charge in [-0.15, -0.1) is 0 Å². The molecule has 6 nitrogen and oxygen atoms in total. The first-order valence-electron chi connectivity index (χ1n) is 5.52. The zero-order chi connectivity index (χ0) is 14.0. The summed E-state index contributed by atoms with van der Waals surface area (Å²) in [5.41, 5.74) is 0. The van der Waals surface area contributed by atoms with Gasteiger partial charge in [-0.25, -0.2) is 4.79 Å². The second-order valence-electron chi connectivity index (χ2n) is 3.91. The fourth-order valence-electron chi connectivity index (χ4n) is 1.60. The number of amides is 4. The van der Waals surface area contributed by atoms with Crippen LogP contribution in [0, 0.1) is 0 Å². The van der Waals surface area contributed by atoms with Crippen molar-refractivity contribution < 1.29 is 19.1 Å². The van der Waals surface area contributed by atoms with Crippen LogP contribution >= 0.6 is 11.6 Å². The lowest BCUT2D eigenvalue weighted by Crippen LogP contribution is -2.35. The molecule has 7 heteroatoms. The maximum atomic E-state index is 11.6. The number of rotatable bonds is 4. The number of likely N-dealkylation sites (N-methyl/N-ethyl adjacent to an activating group) is 1. The van der Waals surface area contributed by atoms with Gasteiger partial charge in [-0.1, -0.05) is 11.6 Å². The van der Waals surface area contributed by atoms with Crippen molar-refractivity contribution in [1.29, 1.82) is 0 Å². The lowest BCUT2D eigenvalue weighted by atomic mass is 10.3. The monoisotopic (exact) mass is 282 g/mol. The molecule has 2 rings (SSSR count). The Morgan fingerprint density at radius 1 is 1.11 bits per heavy atom. The van der Waals surface area contributed by atoms with Crippen LogP contribution in [0.25, 0.3) is 0 Å². The zero-order valence-corrected chi connectivity index (χ0v) is 10.9. The second kappa shape index (κ2) is 5.27. The van der Waals surface area contributed by atoms with Crippen molar-refractivity contribution in [3.63, 3.8) is 0 Å². The quantitative estimate of drug-likeness (QED) is 0.613. The van der Waals surface area contributed by atoms with Crippen LogP contribution in [0.15, 0.2) is 24.3 Å². The highest BCUT2D eigenvalue weighted by molar-refractivity contribution is 6.44. The number of carbonyl (C=O) groups excluding carboxylic acids is 3. The fourth-order valence-corrected chi connectivity index (χ4v) is 1.72. The highest BCUT2D eigenvalue weighted by Gasteiger charge is 2.41. The highest BCUT2D eigenvalue weighted by Crippen LogP contribution is 2.16. The molecule has 1 aromatic carbocycles. The second-order valence-corrected chi connectivity index (χ2v) is 4.34. The summed E-state index contributed by atoms with van der Waals surface area (Å²) in [5.74, 6) is -1.08. The van der Waals surface area contributed by atoms with E-state index >= 15 is 0 Å². The summed E-state index contributed by atoms with van der Waals surface area (Å²) >= 11 is 5.72. The van der Waals surface area contributed by atoms with Crippen LogP contribution in [0.4, 0.5) is 4.79 Å². The molecule has 0 radical (unpaired) electrons. The summed E-state index contributed by atoms with van der Waals surface area (Å²) in [7, 11) is 1.27. The maximum Gasteiger partial charge on any atom is 0.334 e. The largest absolute Gasteiger partial charge is 0.492 e. The molecule has 1 aliphatic heterocycles. The number of halogens is 1. The van der Waals surface area contributed by atoms with Crippen LogP contribution in [0.3, 0.4) is 0 Å². The molecule has 0 atom stereocenters. The summed E-state index contributed by atoms with van der Waals surface area (Å²) in [6.07, 6.45) is 0. The van der Waals surface area contributed by atoms with Gasteiger partial charge in [0.1, 0.15) is 12.4 Å². The Hall–Kier alpha value is -2.08. The molecular weight excluding hydrogens is 272 g/mol. The van der Waals surface area contributed by atoms with E-state index in [2.05, 4.69) is 0 Å². The number of benzene rings is 1. The normalized spacial score (nSPS) is 15.4. The van der Waals surface area contributed by atoms with Crippen molar-refractivity contribution in [3.05, 3.63) is 29.3 Å². The molecule has 0 spiro atoms. The summed E-state index contributed by atoms with van der Waals surface area (Å²) < 4.78 is 5.36. The number of ether oxygens (including phenoxy) is 1. The summed E-state index contributed by atoms with van der Waals surface area (Å²) in [5, 5.41) is 0.587. The van der Waals surface area contributed by atoms with E-state index in [4.69, 9.17) is 16.3 Å². The molecule has 0 unspecified atom stereocenters. The number of hydrogen-bond acceptors (Lipinski definition) is 4. The standard InChI is InChI=1S/C12H11ClN2O4/c1-14-10(16)11(17)15(12(14)18)6-7-19-9-4-2-8(13)3-5-9/h2-5H,6-7H2,1H3. The van der Waals surface area contributed by atoms with Gasteiger partial charge in [0, 0.05) is 12.1 Å². The SMILES string of the molecule is CN1C(=O)C(=O)N(CCOc2ccc(Cl)cc2)C1=O. The topological polar surface area (TPSA) is 66.9 Å². The van der Waals surface area contributed by atoms with Crippen molar-refractivity contribution in [3.8, 4) is 5.75 Å². The Kier molecular flexibility index (Phi) is 3.71. The summed E-state index contributed by atoms with van der Waals surface area (Å²) in [6, 6.07) is 6.05. The predicted molar refractivity (Wildman–Crippen MR) is 66.8 cm³/mol. The molecule has 0 aromatic heterocycles. The first-order chi connectivity index (χ1) is 9.00. The average Bonchev–Trinajstić information content (AvgIpc) is 2.58. The lowest BCUT2D eigenvalue weighted by molar-refractivity contribution is -0.142. The van der Waals surface area contributed by atoms with Crippen molar-refractivity contribution in [2.75, 3.05) is 20.2 Å². The first kappa shape index (κ1) is 13.4. The fraction of sp³-hybridized carbons (Fsp3) is 0.250. The molecule has 1 aromatic rings. The van der Waals surface area contributed by atoms with E-state index in [0.717, 1.165) is 9.80 Å². The Bertz CT molecular complexity index is 529. The average molecular weight is 283 g/mol. The number of hydrogen-bond donors (Lipinski definition) is 0. The Labute approximate surface area is 114 Å². The molecule has 1 aliphatic rings. The van der Waals surface area contributed by atoms with E-state index in [9.17, 15) is 14.4 Å². The van der Waals surface area contributed by atoms with Crippen LogP contribution in [-0.4, -0.2) is 47.8 Å². The van der Waals surface area contributed by atoms with Crippen molar-refractivity contribution in [2.45, 2.75) is 0 Å². The van der Waals surface area contributed by atoms with Crippen molar-refractivity contribution >= 4 is 29.4 Å². The molecule has 0 aliphatic carbocycles. The molecule has 0 saturated carbocycles. The van der Waals surface area contributed by atoms with Gasteiger partial charge < -0.3 is 4.74 Å². The molecule has 19 heavy (non-hydrogen) atoms. The van der Waals surface area contributed by atoms with Gasteiger partial charge in [-0.2, -0.15) is 0 Å². The van der Waals surface area contributed by atoms with E-state index in [1.54, 1.807) is 24.3 Å². The molecule has 0 bridgehead atoms. The van der Waals surface area contributed by atoms with E-state index < -0.39 is 17.8 Å². The van der Waals surface area contributed by atoms with Crippen LogP contribution in [0.2, 0.25) is 5.02 Å². The van der Waals surface area contributed by atoms with Crippen molar-refractivity contribution in [1.82, 2.24) is 9.80 Å². The zero-order valence-electron chi connectivity index (χ0n) is 10.1. The highest BCUT2D eigenvalue weighted by atomic mass is 35.5. The minimum Gasteiger partial charge on any atom is -0.492 e. The first-order valence-corrected chi connectivity index (χ1v) is 5.90. The number of urea groups is 1. The predicted octanol–water partition coefficient (Wildman–Crippen LogP) is 1.14. The number of carbonyl (C=O) groups is 3. The van der Waals surface area contributed by atoms with Crippen molar-refractivity contribution in [2.24, 2.45) is 0 Å². The summed E-state index contributed by atoms with van der Waals surface area (Å²) in [4.78, 5) is 35.9. The van der Waals surface area contributed by atoms with Gasteiger partial charge in [-0.3, -0.25) is 19.4 Å². The van der Waals surface area contributed by atoms with Gasteiger partial charge in [0.25, 0.3) is 0 Å². The summed E-state index contributed by atoms with van der Waals surface area (Å²) in [6.45, 7) is 0.136. The Balaban J connectivity index is 1.89. The number of nitrogens with zero attached hydrogens (tertiary/aromatic N) is 2. The van der Waals surface area contributed by atoms with Gasteiger partial charge >= 0.3 is 17.8 Å². The van der Waals surface area contributed by atoms with Gasteiger partial charge in [0.15, 0.2) is 0 Å². The molecule has 4 amide bonds. The van der Waals surface area contributed by atoms with E-state index in [0.29, 0.717) is 10.8 Å². The Morgan fingerprint density at radius 2 is 1.74 bits per heavy atom. The molecule has 1 saturated heterocycles. The molecule has 1 fully saturated rings. The Morgan fingerprint density at radius 3 is 2.26 bits per heavy atom. The van der Waals surface area contributed by atoms with E-state index in [-0.39, 0.29) is 13.2 Å². The van der Waals surface area contributed by atoms with E-state index in [1.807, 2.05) is 0 Å². The van der Waals surface area contributed by atoms with Crippen LogP contribution < -0.4 is 4.74 Å². The molecular formula is C12H11ClN2O4. The third kappa shape index (κ3) is 2.68. The minimum absolute atomic E-state index is 0.0242. The lowest BCUT2D eigenvalue weighted by Gasteiger charge is -2.13. The third-order valence-electron chi connectivity index (χ3n) is 2.65. The third-order valence-corrected chi connectivity index (χ3v) is 2.90. The van der Waals surface area contributed by atoms with Gasteiger partial charge in [0.2, 0.25) is 0 Å². The van der Waals surface area contributed by atoms with E-state index in [1.165, 1.54) is 7.05 Å². The van der Waals surface area contributed by atoms with Crippen LogP contribution in [-0.2, 0) is 9.59 Å².